The van der Waals surface area contributed by atoms with Gasteiger partial charge in [0.05, 0.1) is 11.5 Å². The number of benzene rings is 1. The van der Waals surface area contributed by atoms with E-state index in [9.17, 15) is 9.18 Å². The molecule has 2 nitrogen and oxygen atoms in total. The van der Waals surface area contributed by atoms with Gasteiger partial charge < -0.3 is 5.11 Å². The molecule has 1 aliphatic rings. The number of carboxylic acids is 1. The van der Waals surface area contributed by atoms with E-state index in [-0.39, 0.29) is 17.7 Å². The Hall–Kier alpha value is -1.82. The lowest BCUT2D eigenvalue weighted by molar-refractivity contribution is -0.142. The molecule has 0 amide bonds. The van der Waals surface area contributed by atoms with Crippen LogP contribution in [0.3, 0.4) is 0 Å². The Labute approximate surface area is 112 Å². The van der Waals surface area contributed by atoms with E-state index in [1.54, 1.807) is 18.2 Å². The van der Waals surface area contributed by atoms with Crippen molar-refractivity contribution in [2.24, 2.45) is 11.8 Å². The summed E-state index contributed by atoms with van der Waals surface area (Å²) in [4.78, 5) is 11.0. The molecule has 0 spiro atoms. The molecule has 2 rings (SSSR count). The minimum Gasteiger partial charge on any atom is -0.481 e. The second kappa shape index (κ2) is 6.38. The van der Waals surface area contributed by atoms with Gasteiger partial charge in [0.1, 0.15) is 5.82 Å². The third-order valence-electron chi connectivity index (χ3n) is 3.60. The Morgan fingerprint density at radius 2 is 2.00 bits per heavy atom. The minimum atomic E-state index is -0.706. The second-order valence-corrected chi connectivity index (χ2v) is 4.99. The molecule has 1 N–H and O–H groups in total. The van der Waals surface area contributed by atoms with Crippen molar-refractivity contribution in [1.29, 1.82) is 0 Å². The van der Waals surface area contributed by atoms with Crippen molar-refractivity contribution in [3.8, 4) is 11.8 Å². The molecule has 19 heavy (non-hydrogen) atoms. The summed E-state index contributed by atoms with van der Waals surface area (Å²) >= 11 is 0. The molecule has 1 fully saturated rings. The summed E-state index contributed by atoms with van der Waals surface area (Å²) < 4.78 is 13.4. The molecule has 2 atom stereocenters. The van der Waals surface area contributed by atoms with Gasteiger partial charge in [-0.3, -0.25) is 4.79 Å². The van der Waals surface area contributed by atoms with Gasteiger partial charge in [-0.05, 0) is 37.8 Å². The highest BCUT2D eigenvalue weighted by molar-refractivity contribution is 5.69. The molecular formula is C16H17FO2. The van der Waals surface area contributed by atoms with E-state index in [1.165, 1.54) is 6.07 Å². The molecule has 3 heteroatoms. The van der Waals surface area contributed by atoms with Crippen molar-refractivity contribution < 1.29 is 14.3 Å². The van der Waals surface area contributed by atoms with E-state index in [1.807, 2.05) is 0 Å². The highest BCUT2D eigenvalue weighted by Gasteiger charge is 2.22. The highest BCUT2D eigenvalue weighted by Crippen LogP contribution is 2.27. The summed E-state index contributed by atoms with van der Waals surface area (Å²) in [6.07, 6.45) is 3.98. The lowest BCUT2D eigenvalue weighted by Gasteiger charge is -2.07. The van der Waals surface area contributed by atoms with Gasteiger partial charge in [0.15, 0.2) is 0 Å². The van der Waals surface area contributed by atoms with Crippen molar-refractivity contribution in [3.63, 3.8) is 0 Å². The maximum absolute atomic E-state index is 13.4. The maximum Gasteiger partial charge on any atom is 0.306 e. The van der Waals surface area contributed by atoms with Gasteiger partial charge in [0.2, 0.25) is 0 Å². The quantitative estimate of drug-likeness (QED) is 0.620. The van der Waals surface area contributed by atoms with Gasteiger partial charge in [0.25, 0.3) is 0 Å². The van der Waals surface area contributed by atoms with Crippen LogP contribution in [0.15, 0.2) is 24.3 Å². The molecule has 0 bridgehead atoms. The van der Waals surface area contributed by atoms with Crippen LogP contribution < -0.4 is 0 Å². The van der Waals surface area contributed by atoms with E-state index < -0.39 is 5.97 Å². The fourth-order valence-electron chi connectivity index (χ4n) is 2.44. The number of carbonyl (C=O) groups is 1. The third kappa shape index (κ3) is 3.82. The standard InChI is InChI=1S/C16H17FO2/c17-15-7-2-1-5-13(15)10-8-12-4-3-6-14(11-9-12)16(18)19/h1-2,5,7,12,14H,3-4,6,9,11H2,(H,18,19). The maximum atomic E-state index is 13.4. The molecule has 0 aromatic heterocycles. The fraction of sp³-hybridized carbons (Fsp3) is 0.438. The number of halogens is 1. The molecule has 0 aliphatic heterocycles. The summed E-state index contributed by atoms with van der Waals surface area (Å²) in [5.74, 6) is 4.92. The fourth-order valence-corrected chi connectivity index (χ4v) is 2.44. The average Bonchev–Trinajstić information content (AvgIpc) is 2.63. The van der Waals surface area contributed by atoms with Crippen LogP contribution in [0.5, 0.6) is 0 Å². The summed E-state index contributed by atoms with van der Waals surface area (Å²) in [7, 11) is 0. The lowest BCUT2D eigenvalue weighted by atomic mass is 9.98. The summed E-state index contributed by atoms with van der Waals surface area (Å²) in [6, 6.07) is 6.47. The molecule has 1 aromatic rings. The van der Waals surface area contributed by atoms with Crippen LogP contribution >= 0.6 is 0 Å². The minimum absolute atomic E-state index is 0.184. The molecular weight excluding hydrogens is 243 g/mol. The van der Waals surface area contributed by atoms with Crippen LogP contribution in [0.4, 0.5) is 4.39 Å². The summed E-state index contributed by atoms with van der Waals surface area (Å²) in [5.41, 5.74) is 0.418. The van der Waals surface area contributed by atoms with Gasteiger partial charge in [-0.1, -0.05) is 30.4 Å². The Morgan fingerprint density at radius 1 is 1.21 bits per heavy atom. The molecule has 0 saturated heterocycles. The Balaban J connectivity index is 2.01. The average molecular weight is 260 g/mol. The van der Waals surface area contributed by atoms with Gasteiger partial charge in [-0.25, -0.2) is 4.39 Å². The van der Waals surface area contributed by atoms with Crippen molar-refractivity contribution in [3.05, 3.63) is 35.6 Å². The highest BCUT2D eigenvalue weighted by atomic mass is 19.1. The smallest absolute Gasteiger partial charge is 0.306 e. The second-order valence-electron chi connectivity index (χ2n) is 4.99. The predicted molar refractivity (Wildman–Crippen MR) is 71.0 cm³/mol. The van der Waals surface area contributed by atoms with E-state index in [0.29, 0.717) is 12.0 Å². The number of carboxylic acid groups (broad SMARTS) is 1. The molecule has 1 saturated carbocycles. The SMILES string of the molecule is O=C(O)C1CCCC(C#Cc2ccccc2F)CC1. The van der Waals surface area contributed by atoms with Crippen LogP contribution in [0, 0.1) is 29.5 Å². The first-order chi connectivity index (χ1) is 9.16. The van der Waals surface area contributed by atoms with E-state index in [0.717, 1.165) is 25.7 Å². The van der Waals surface area contributed by atoms with Gasteiger partial charge in [-0.15, -0.1) is 0 Å². The molecule has 0 heterocycles. The monoisotopic (exact) mass is 260 g/mol. The van der Waals surface area contributed by atoms with Crippen LogP contribution in [0.1, 0.15) is 37.7 Å². The van der Waals surface area contributed by atoms with Crippen LogP contribution in [0.25, 0.3) is 0 Å². The first kappa shape index (κ1) is 13.6. The topological polar surface area (TPSA) is 37.3 Å². The van der Waals surface area contributed by atoms with Gasteiger partial charge in [-0.2, -0.15) is 0 Å². The van der Waals surface area contributed by atoms with Crippen LogP contribution in [-0.2, 0) is 4.79 Å². The zero-order chi connectivity index (χ0) is 13.7. The van der Waals surface area contributed by atoms with E-state index >= 15 is 0 Å². The number of aliphatic carboxylic acids is 1. The Bertz CT molecular complexity index is 513. The molecule has 1 aromatic carbocycles. The summed E-state index contributed by atoms with van der Waals surface area (Å²) in [5, 5.41) is 9.01. The molecule has 1 aliphatic carbocycles. The first-order valence-electron chi connectivity index (χ1n) is 6.65. The lowest BCUT2D eigenvalue weighted by Crippen LogP contribution is -2.12. The normalized spacial score (nSPS) is 23.0. The molecule has 2 unspecified atom stereocenters. The number of hydrogen-bond acceptors (Lipinski definition) is 1. The Morgan fingerprint density at radius 3 is 2.74 bits per heavy atom. The van der Waals surface area contributed by atoms with Crippen molar-refractivity contribution in [2.75, 3.05) is 0 Å². The predicted octanol–water partition coefficient (Wildman–Crippen LogP) is 3.46. The zero-order valence-corrected chi connectivity index (χ0v) is 10.7. The summed E-state index contributed by atoms with van der Waals surface area (Å²) in [6.45, 7) is 0. The third-order valence-corrected chi connectivity index (χ3v) is 3.60. The van der Waals surface area contributed by atoms with E-state index in [2.05, 4.69) is 11.8 Å². The molecule has 0 radical (unpaired) electrons. The van der Waals surface area contributed by atoms with Gasteiger partial charge >= 0.3 is 5.97 Å². The zero-order valence-electron chi connectivity index (χ0n) is 10.7. The van der Waals surface area contributed by atoms with E-state index in [4.69, 9.17) is 5.11 Å². The first-order valence-corrected chi connectivity index (χ1v) is 6.65. The molecule has 100 valence electrons. The van der Waals surface area contributed by atoms with Crippen molar-refractivity contribution in [2.45, 2.75) is 32.1 Å². The largest absolute Gasteiger partial charge is 0.481 e. The number of hydrogen-bond donors (Lipinski definition) is 1. The van der Waals surface area contributed by atoms with Crippen LogP contribution in [0.2, 0.25) is 0 Å². The van der Waals surface area contributed by atoms with Crippen LogP contribution in [-0.4, -0.2) is 11.1 Å². The number of rotatable bonds is 1. The van der Waals surface area contributed by atoms with Crippen molar-refractivity contribution in [1.82, 2.24) is 0 Å². The van der Waals surface area contributed by atoms with Crippen molar-refractivity contribution >= 4 is 5.97 Å². The van der Waals surface area contributed by atoms with Gasteiger partial charge in [0, 0.05) is 5.92 Å². The Kier molecular flexibility index (Phi) is 4.57.